The van der Waals surface area contributed by atoms with Crippen LogP contribution < -0.4 is 10.1 Å². The molecule has 1 aromatic carbocycles. The number of rotatable bonds is 7. The summed E-state index contributed by atoms with van der Waals surface area (Å²) in [6.45, 7) is 2.65. The van der Waals surface area contributed by atoms with Gasteiger partial charge in [0, 0.05) is 6.54 Å². The molecule has 0 fully saturated rings. The Hall–Kier alpha value is -2.26. The van der Waals surface area contributed by atoms with E-state index in [-0.39, 0.29) is 11.7 Å². The van der Waals surface area contributed by atoms with Crippen LogP contribution >= 0.6 is 27.7 Å². The van der Waals surface area contributed by atoms with Gasteiger partial charge in [-0.25, -0.2) is 0 Å². The van der Waals surface area contributed by atoms with Crippen LogP contribution in [0.15, 0.2) is 50.6 Å². The van der Waals surface area contributed by atoms with Crippen LogP contribution in [-0.4, -0.2) is 33.5 Å². The summed E-state index contributed by atoms with van der Waals surface area (Å²) < 4.78 is 13.3. The fourth-order valence-corrected chi connectivity index (χ4v) is 3.47. The third-order valence-corrected chi connectivity index (χ3v) is 4.93. The largest absolute Gasteiger partial charge is 0.495 e. The molecule has 1 N–H and O–H groups in total. The fraction of sp³-hybridized carbons (Fsp3) is 0.235. The van der Waals surface area contributed by atoms with E-state index < -0.39 is 0 Å². The first kappa shape index (κ1) is 18.5. The van der Waals surface area contributed by atoms with Gasteiger partial charge in [-0.2, -0.15) is 0 Å². The number of methoxy groups -OCH3 is 1. The molecular weight excluding hydrogens is 420 g/mol. The van der Waals surface area contributed by atoms with Crippen molar-refractivity contribution in [2.24, 2.45) is 0 Å². The maximum Gasteiger partial charge on any atom is 0.234 e. The number of benzene rings is 1. The van der Waals surface area contributed by atoms with Crippen LogP contribution in [0.2, 0.25) is 0 Å². The van der Waals surface area contributed by atoms with Gasteiger partial charge in [-0.3, -0.25) is 9.36 Å². The summed E-state index contributed by atoms with van der Waals surface area (Å²) in [5.74, 6) is 1.93. The number of halogens is 1. The number of carbonyl (C=O) groups excluding carboxylic acids is 1. The number of hydrogen-bond acceptors (Lipinski definition) is 6. The third kappa shape index (κ3) is 4.10. The van der Waals surface area contributed by atoms with Crippen molar-refractivity contribution < 1.29 is 13.9 Å². The Labute approximate surface area is 163 Å². The van der Waals surface area contributed by atoms with E-state index in [1.807, 2.05) is 29.7 Å². The number of carbonyl (C=O) groups is 1. The molecule has 2 heterocycles. The van der Waals surface area contributed by atoms with E-state index in [0.717, 1.165) is 0 Å². The number of nitrogens with zero attached hydrogens (tertiary/aromatic N) is 3. The number of nitrogens with one attached hydrogen (secondary N) is 1. The normalized spacial score (nSPS) is 10.7. The molecule has 7 nitrogen and oxygen atoms in total. The maximum atomic E-state index is 12.3. The summed E-state index contributed by atoms with van der Waals surface area (Å²) in [7, 11) is 1.57. The molecule has 0 aliphatic carbocycles. The van der Waals surface area contributed by atoms with E-state index in [1.165, 1.54) is 11.8 Å². The monoisotopic (exact) mass is 436 g/mol. The Morgan fingerprint density at radius 3 is 2.81 bits per heavy atom. The minimum absolute atomic E-state index is 0.146. The lowest BCUT2D eigenvalue weighted by Gasteiger charge is -2.09. The fourth-order valence-electron chi connectivity index (χ4n) is 2.36. The van der Waals surface area contributed by atoms with Crippen LogP contribution in [0, 0.1) is 0 Å². The van der Waals surface area contributed by atoms with Crippen LogP contribution in [0.4, 0.5) is 5.69 Å². The van der Waals surface area contributed by atoms with Gasteiger partial charge >= 0.3 is 0 Å². The first-order valence-electron chi connectivity index (χ1n) is 7.87. The molecule has 0 saturated carbocycles. The second-order valence-corrected chi connectivity index (χ2v) is 6.92. The number of hydrogen-bond donors (Lipinski definition) is 1. The van der Waals surface area contributed by atoms with Crippen molar-refractivity contribution in [3.05, 3.63) is 41.1 Å². The van der Waals surface area contributed by atoms with Crippen molar-refractivity contribution in [1.82, 2.24) is 14.8 Å². The number of anilines is 1. The average molecular weight is 437 g/mol. The first-order valence-corrected chi connectivity index (χ1v) is 9.64. The Morgan fingerprint density at radius 1 is 1.31 bits per heavy atom. The van der Waals surface area contributed by atoms with Gasteiger partial charge in [0.05, 0.1) is 18.6 Å². The number of furan rings is 1. The Morgan fingerprint density at radius 2 is 2.12 bits per heavy atom. The summed E-state index contributed by atoms with van der Waals surface area (Å²) in [5, 5.41) is 11.9. The van der Waals surface area contributed by atoms with Gasteiger partial charge in [0.1, 0.15) is 5.75 Å². The number of ether oxygens (including phenoxy) is 1. The quantitative estimate of drug-likeness (QED) is 0.562. The van der Waals surface area contributed by atoms with E-state index in [1.54, 1.807) is 25.3 Å². The van der Waals surface area contributed by atoms with Crippen molar-refractivity contribution >= 4 is 39.3 Å². The van der Waals surface area contributed by atoms with Gasteiger partial charge < -0.3 is 14.5 Å². The molecule has 0 spiro atoms. The molecular formula is C17H17BrN4O3S. The van der Waals surface area contributed by atoms with Crippen molar-refractivity contribution in [2.75, 3.05) is 18.2 Å². The summed E-state index contributed by atoms with van der Waals surface area (Å²) >= 11 is 4.60. The number of thioether (sulfide) groups is 1. The molecule has 2 aromatic heterocycles. The van der Waals surface area contributed by atoms with Gasteiger partial charge in [-0.1, -0.05) is 23.9 Å². The van der Waals surface area contributed by atoms with E-state index in [9.17, 15) is 4.79 Å². The third-order valence-electron chi connectivity index (χ3n) is 3.54. The van der Waals surface area contributed by atoms with Crippen LogP contribution in [0.1, 0.15) is 6.92 Å². The van der Waals surface area contributed by atoms with Gasteiger partial charge in [0.25, 0.3) is 0 Å². The molecule has 3 aromatic rings. The molecule has 26 heavy (non-hydrogen) atoms. The van der Waals surface area contributed by atoms with Gasteiger partial charge in [-0.15, -0.1) is 10.2 Å². The van der Waals surface area contributed by atoms with Crippen molar-refractivity contribution in [3.8, 4) is 17.3 Å². The lowest BCUT2D eigenvalue weighted by molar-refractivity contribution is -0.113. The highest BCUT2D eigenvalue weighted by atomic mass is 79.9. The number of amides is 1. The van der Waals surface area contributed by atoms with Gasteiger partial charge in [0.15, 0.2) is 15.6 Å². The van der Waals surface area contributed by atoms with Crippen LogP contribution in [-0.2, 0) is 11.3 Å². The molecule has 1 amide bonds. The number of aromatic nitrogens is 3. The number of para-hydroxylation sites is 2. The predicted molar refractivity (Wildman–Crippen MR) is 103 cm³/mol. The average Bonchev–Trinajstić information content (AvgIpc) is 3.25. The minimum atomic E-state index is -0.146. The van der Waals surface area contributed by atoms with E-state index in [0.29, 0.717) is 39.4 Å². The van der Waals surface area contributed by atoms with Crippen LogP contribution in [0.3, 0.4) is 0 Å². The molecule has 0 aliphatic heterocycles. The first-order chi connectivity index (χ1) is 12.6. The highest BCUT2D eigenvalue weighted by Gasteiger charge is 2.17. The van der Waals surface area contributed by atoms with Crippen molar-refractivity contribution in [1.29, 1.82) is 0 Å². The predicted octanol–water partition coefficient (Wildman–Crippen LogP) is 4.06. The molecule has 3 rings (SSSR count). The maximum absolute atomic E-state index is 12.3. The van der Waals surface area contributed by atoms with Crippen LogP contribution in [0.5, 0.6) is 5.75 Å². The lowest BCUT2D eigenvalue weighted by Crippen LogP contribution is -2.15. The molecule has 9 heteroatoms. The highest BCUT2D eigenvalue weighted by molar-refractivity contribution is 9.10. The molecule has 0 unspecified atom stereocenters. The Bertz CT molecular complexity index is 909. The van der Waals surface area contributed by atoms with Gasteiger partial charge in [-0.05, 0) is 47.1 Å². The second-order valence-electron chi connectivity index (χ2n) is 5.19. The minimum Gasteiger partial charge on any atom is -0.495 e. The van der Waals surface area contributed by atoms with E-state index in [2.05, 4.69) is 31.4 Å². The Balaban J connectivity index is 1.68. The van der Waals surface area contributed by atoms with Crippen molar-refractivity contribution in [2.45, 2.75) is 18.6 Å². The van der Waals surface area contributed by atoms with E-state index >= 15 is 0 Å². The van der Waals surface area contributed by atoms with Crippen molar-refractivity contribution in [3.63, 3.8) is 0 Å². The summed E-state index contributed by atoms with van der Waals surface area (Å²) in [6, 6.07) is 10.9. The standard InChI is InChI=1S/C17H17BrN4O3S/c1-3-22-16(13-8-9-14(18)25-13)20-21-17(22)26-10-15(23)19-11-6-4-5-7-12(11)24-2/h4-9H,3,10H2,1-2H3,(H,19,23). The molecule has 0 aliphatic rings. The smallest absolute Gasteiger partial charge is 0.234 e. The topological polar surface area (TPSA) is 82.2 Å². The zero-order valence-electron chi connectivity index (χ0n) is 14.2. The zero-order valence-corrected chi connectivity index (χ0v) is 16.6. The van der Waals surface area contributed by atoms with E-state index in [4.69, 9.17) is 9.15 Å². The molecule has 0 saturated heterocycles. The summed E-state index contributed by atoms with van der Waals surface area (Å²) in [4.78, 5) is 12.3. The zero-order chi connectivity index (χ0) is 18.5. The molecule has 0 bridgehead atoms. The molecule has 0 atom stereocenters. The lowest BCUT2D eigenvalue weighted by atomic mass is 10.3. The summed E-state index contributed by atoms with van der Waals surface area (Å²) in [6.07, 6.45) is 0. The van der Waals surface area contributed by atoms with Gasteiger partial charge in [0.2, 0.25) is 11.7 Å². The summed E-state index contributed by atoms with van der Waals surface area (Å²) in [5.41, 5.74) is 0.638. The highest BCUT2D eigenvalue weighted by Crippen LogP contribution is 2.28. The molecule has 0 radical (unpaired) electrons. The van der Waals surface area contributed by atoms with Crippen LogP contribution in [0.25, 0.3) is 11.6 Å². The second kappa shape index (κ2) is 8.41. The molecule has 136 valence electrons. The Kier molecular flexibility index (Phi) is 6.00. The SMILES string of the molecule is CCn1c(SCC(=O)Nc2ccccc2OC)nnc1-c1ccc(Br)o1.